The topological polar surface area (TPSA) is 93.3 Å². The molecule has 0 radical (unpaired) electrons. The summed E-state index contributed by atoms with van der Waals surface area (Å²) in [5.74, 6) is 0.392. The lowest BCUT2D eigenvalue weighted by atomic mass is 10.3. The SMILES string of the molecule is N#Cc1ccnnc1N(CCO)CCO. The molecule has 6 heteroatoms. The lowest BCUT2D eigenvalue weighted by molar-refractivity contribution is 0.280. The first-order valence-corrected chi connectivity index (χ1v) is 4.52. The van der Waals surface area contributed by atoms with Gasteiger partial charge in [0.2, 0.25) is 0 Å². The number of hydrogen-bond acceptors (Lipinski definition) is 6. The van der Waals surface area contributed by atoms with Crippen LogP contribution in [0.5, 0.6) is 0 Å². The van der Waals surface area contributed by atoms with E-state index in [1.165, 1.54) is 6.20 Å². The Morgan fingerprint density at radius 3 is 2.53 bits per heavy atom. The lowest BCUT2D eigenvalue weighted by Gasteiger charge is -2.21. The van der Waals surface area contributed by atoms with Crippen LogP contribution in [0.4, 0.5) is 5.82 Å². The van der Waals surface area contributed by atoms with Crippen LogP contribution < -0.4 is 4.90 Å². The van der Waals surface area contributed by atoms with Crippen molar-refractivity contribution >= 4 is 5.82 Å². The fourth-order valence-electron chi connectivity index (χ4n) is 1.21. The van der Waals surface area contributed by atoms with Gasteiger partial charge in [-0.1, -0.05) is 0 Å². The van der Waals surface area contributed by atoms with Gasteiger partial charge in [0.15, 0.2) is 5.82 Å². The van der Waals surface area contributed by atoms with E-state index in [-0.39, 0.29) is 13.2 Å². The van der Waals surface area contributed by atoms with E-state index in [0.717, 1.165) is 0 Å². The van der Waals surface area contributed by atoms with E-state index >= 15 is 0 Å². The van der Waals surface area contributed by atoms with Gasteiger partial charge < -0.3 is 15.1 Å². The van der Waals surface area contributed by atoms with E-state index in [4.69, 9.17) is 15.5 Å². The molecule has 0 bridgehead atoms. The van der Waals surface area contributed by atoms with E-state index in [1.54, 1.807) is 11.0 Å². The molecule has 1 heterocycles. The number of hydrogen-bond donors (Lipinski definition) is 2. The third-order valence-corrected chi connectivity index (χ3v) is 1.86. The van der Waals surface area contributed by atoms with Gasteiger partial charge in [-0.05, 0) is 6.07 Å². The van der Waals surface area contributed by atoms with Crippen LogP contribution in [-0.4, -0.2) is 46.7 Å². The minimum absolute atomic E-state index is 0.0680. The van der Waals surface area contributed by atoms with Crippen molar-refractivity contribution in [2.45, 2.75) is 0 Å². The fraction of sp³-hybridized carbons (Fsp3) is 0.444. The smallest absolute Gasteiger partial charge is 0.169 e. The predicted molar refractivity (Wildman–Crippen MR) is 53.1 cm³/mol. The molecule has 0 spiro atoms. The van der Waals surface area contributed by atoms with Crippen molar-refractivity contribution in [2.75, 3.05) is 31.2 Å². The quantitative estimate of drug-likeness (QED) is 0.654. The van der Waals surface area contributed by atoms with Crippen LogP contribution >= 0.6 is 0 Å². The molecule has 0 aliphatic rings. The summed E-state index contributed by atoms with van der Waals surface area (Å²) in [6.07, 6.45) is 1.43. The van der Waals surface area contributed by atoms with Crippen LogP contribution in [0.15, 0.2) is 12.3 Å². The Labute approximate surface area is 87.4 Å². The molecule has 0 aliphatic carbocycles. The van der Waals surface area contributed by atoms with Gasteiger partial charge in [0.25, 0.3) is 0 Å². The highest BCUT2D eigenvalue weighted by molar-refractivity contribution is 5.52. The van der Waals surface area contributed by atoms with Gasteiger partial charge in [0, 0.05) is 13.1 Å². The van der Waals surface area contributed by atoms with Gasteiger partial charge in [-0.2, -0.15) is 10.4 Å². The first-order valence-electron chi connectivity index (χ1n) is 4.52. The second kappa shape index (κ2) is 5.90. The Balaban J connectivity index is 2.94. The zero-order chi connectivity index (χ0) is 11.1. The molecule has 80 valence electrons. The van der Waals surface area contributed by atoms with Crippen LogP contribution in [0.2, 0.25) is 0 Å². The molecule has 0 aliphatic heterocycles. The lowest BCUT2D eigenvalue weighted by Crippen LogP contribution is -2.31. The van der Waals surface area contributed by atoms with Crippen LogP contribution in [0.25, 0.3) is 0 Å². The summed E-state index contributed by atoms with van der Waals surface area (Å²) in [5.41, 5.74) is 0.381. The van der Waals surface area contributed by atoms with Gasteiger partial charge in [0.1, 0.15) is 6.07 Å². The second-order valence-electron chi connectivity index (χ2n) is 2.81. The van der Waals surface area contributed by atoms with Gasteiger partial charge in [-0.25, -0.2) is 0 Å². The molecule has 0 aromatic carbocycles. The molecular formula is C9H12N4O2. The average molecular weight is 208 g/mol. The largest absolute Gasteiger partial charge is 0.395 e. The van der Waals surface area contributed by atoms with Crippen LogP contribution in [0.3, 0.4) is 0 Å². The number of nitrogens with zero attached hydrogens (tertiary/aromatic N) is 4. The van der Waals surface area contributed by atoms with Crippen molar-refractivity contribution in [3.05, 3.63) is 17.8 Å². The molecule has 1 aromatic heterocycles. The number of nitriles is 1. The Morgan fingerprint density at radius 1 is 1.33 bits per heavy atom. The summed E-state index contributed by atoms with van der Waals surface area (Å²) in [6.45, 7) is 0.491. The van der Waals surface area contributed by atoms with Crippen molar-refractivity contribution in [1.29, 1.82) is 5.26 Å². The van der Waals surface area contributed by atoms with Crippen LogP contribution in [0.1, 0.15) is 5.56 Å². The molecule has 0 saturated carbocycles. The number of aromatic nitrogens is 2. The van der Waals surface area contributed by atoms with E-state index < -0.39 is 0 Å². The highest BCUT2D eigenvalue weighted by atomic mass is 16.3. The summed E-state index contributed by atoms with van der Waals surface area (Å²) < 4.78 is 0. The van der Waals surface area contributed by atoms with Crippen LogP contribution in [-0.2, 0) is 0 Å². The van der Waals surface area contributed by atoms with Crippen LogP contribution in [0, 0.1) is 11.3 Å². The number of aliphatic hydroxyl groups excluding tert-OH is 2. The highest BCUT2D eigenvalue weighted by Gasteiger charge is 2.11. The fourth-order valence-corrected chi connectivity index (χ4v) is 1.21. The molecular weight excluding hydrogens is 196 g/mol. The van der Waals surface area contributed by atoms with Crippen molar-refractivity contribution in [3.8, 4) is 6.07 Å². The van der Waals surface area contributed by atoms with Gasteiger partial charge in [0.05, 0.1) is 25.0 Å². The third kappa shape index (κ3) is 2.87. The zero-order valence-corrected chi connectivity index (χ0v) is 8.17. The van der Waals surface area contributed by atoms with E-state index in [9.17, 15) is 0 Å². The Hall–Kier alpha value is -1.71. The highest BCUT2D eigenvalue weighted by Crippen LogP contribution is 2.13. The van der Waals surface area contributed by atoms with Crippen molar-refractivity contribution < 1.29 is 10.2 Å². The number of anilines is 1. The minimum Gasteiger partial charge on any atom is -0.395 e. The average Bonchev–Trinajstić information content (AvgIpc) is 2.29. The van der Waals surface area contributed by atoms with E-state index in [2.05, 4.69) is 10.2 Å². The third-order valence-electron chi connectivity index (χ3n) is 1.86. The Morgan fingerprint density at radius 2 is 2.00 bits per heavy atom. The van der Waals surface area contributed by atoms with E-state index in [1.807, 2.05) is 6.07 Å². The molecule has 0 fully saturated rings. The maximum absolute atomic E-state index is 8.83. The normalized spacial score (nSPS) is 9.67. The summed E-state index contributed by atoms with van der Waals surface area (Å²) in [6, 6.07) is 3.53. The Kier molecular flexibility index (Phi) is 4.47. The second-order valence-corrected chi connectivity index (χ2v) is 2.81. The first kappa shape index (κ1) is 11.4. The first-order chi connectivity index (χ1) is 7.33. The maximum Gasteiger partial charge on any atom is 0.169 e. The molecule has 1 rings (SSSR count). The molecule has 0 atom stereocenters. The van der Waals surface area contributed by atoms with E-state index in [0.29, 0.717) is 24.5 Å². The summed E-state index contributed by atoms with van der Waals surface area (Å²) in [4.78, 5) is 1.62. The molecule has 0 saturated heterocycles. The maximum atomic E-state index is 8.83. The molecule has 2 N–H and O–H groups in total. The van der Waals surface area contributed by atoms with Crippen molar-refractivity contribution in [1.82, 2.24) is 10.2 Å². The van der Waals surface area contributed by atoms with Crippen molar-refractivity contribution in [2.24, 2.45) is 0 Å². The van der Waals surface area contributed by atoms with Gasteiger partial charge in [-0.15, -0.1) is 5.10 Å². The minimum atomic E-state index is -0.0680. The van der Waals surface area contributed by atoms with Gasteiger partial charge in [-0.3, -0.25) is 0 Å². The van der Waals surface area contributed by atoms with Crippen molar-refractivity contribution in [3.63, 3.8) is 0 Å². The predicted octanol–water partition coefficient (Wildman–Crippen LogP) is -0.861. The molecule has 0 amide bonds. The standard InChI is InChI=1S/C9H12N4O2/c10-7-8-1-2-11-12-9(8)13(3-5-14)4-6-15/h1-2,14-15H,3-6H2. The number of aliphatic hydroxyl groups is 2. The molecule has 0 unspecified atom stereocenters. The van der Waals surface area contributed by atoms with Gasteiger partial charge >= 0.3 is 0 Å². The monoisotopic (exact) mass is 208 g/mol. The Bertz CT molecular complexity index is 344. The summed E-state index contributed by atoms with van der Waals surface area (Å²) >= 11 is 0. The molecule has 6 nitrogen and oxygen atoms in total. The zero-order valence-electron chi connectivity index (χ0n) is 8.17. The molecule has 1 aromatic rings. The summed E-state index contributed by atoms with van der Waals surface area (Å²) in [7, 11) is 0. The number of rotatable bonds is 5. The summed E-state index contributed by atoms with van der Waals surface area (Å²) in [5, 5.41) is 34.0. The molecule has 15 heavy (non-hydrogen) atoms.